The molecule has 0 aromatic heterocycles. The van der Waals surface area contributed by atoms with Crippen LogP contribution in [-0.2, 0) is 14.8 Å². The van der Waals surface area contributed by atoms with Crippen LogP contribution in [0.4, 0.5) is 5.69 Å². The van der Waals surface area contributed by atoms with Crippen molar-refractivity contribution in [1.29, 1.82) is 0 Å². The summed E-state index contributed by atoms with van der Waals surface area (Å²) in [5.74, 6) is 0.0962. The predicted molar refractivity (Wildman–Crippen MR) is 80.5 cm³/mol. The molecule has 3 N–H and O–H groups in total. The largest absolute Gasteiger partial charge is 0.497 e. The molecule has 0 unspecified atom stereocenters. The molecule has 1 amide bonds. The first-order chi connectivity index (χ1) is 9.86. The Balaban J connectivity index is 3.19. The molecule has 1 aromatic carbocycles. The van der Waals surface area contributed by atoms with E-state index in [4.69, 9.17) is 10.5 Å². The molecule has 8 heteroatoms. The summed E-state index contributed by atoms with van der Waals surface area (Å²) < 4.78 is 31.4. The number of nitrogens with zero attached hydrogens (tertiary/aromatic N) is 1. The highest BCUT2D eigenvalue weighted by atomic mass is 32.2. The number of likely N-dealkylation sites (N-methyl/N-ethyl adjacent to an activating group) is 1. The summed E-state index contributed by atoms with van der Waals surface area (Å²) in [5, 5.41) is 2.41. The number of nitrogens with one attached hydrogen (secondary N) is 1. The average Bonchev–Trinajstić information content (AvgIpc) is 2.45. The Labute approximate surface area is 125 Å². The molecule has 0 heterocycles. The molecule has 1 rings (SSSR count). The van der Waals surface area contributed by atoms with Gasteiger partial charge in [0, 0.05) is 19.7 Å². The van der Waals surface area contributed by atoms with Crippen LogP contribution in [0.5, 0.6) is 5.75 Å². The van der Waals surface area contributed by atoms with Crippen molar-refractivity contribution >= 4 is 21.6 Å². The number of carbonyl (C=O) groups excluding carboxylic acids is 1. The third-order valence-electron chi connectivity index (χ3n) is 2.91. The van der Waals surface area contributed by atoms with Crippen molar-refractivity contribution in [3.05, 3.63) is 18.2 Å². The molecule has 0 saturated heterocycles. The van der Waals surface area contributed by atoms with Gasteiger partial charge < -0.3 is 15.8 Å². The van der Waals surface area contributed by atoms with Crippen molar-refractivity contribution in [3.63, 3.8) is 0 Å². The summed E-state index contributed by atoms with van der Waals surface area (Å²) in [5.41, 5.74) is 5.88. The van der Waals surface area contributed by atoms with Crippen molar-refractivity contribution < 1.29 is 17.9 Å². The van der Waals surface area contributed by atoms with Gasteiger partial charge in [0.05, 0.1) is 19.3 Å². The minimum atomic E-state index is -3.83. The van der Waals surface area contributed by atoms with Gasteiger partial charge in [0.15, 0.2) is 0 Å². The number of nitrogen functional groups attached to an aromatic ring is 1. The maximum absolute atomic E-state index is 12.6. The van der Waals surface area contributed by atoms with Crippen LogP contribution in [0.15, 0.2) is 23.1 Å². The number of nitrogens with two attached hydrogens (primary N) is 1. The lowest BCUT2D eigenvalue weighted by Gasteiger charge is -2.21. The fraction of sp³-hybridized carbons (Fsp3) is 0.462. The number of sulfonamides is 1. The lowest BCUT2D eigenvalue weighted by Crippen LogP contribution is -2.40. The zero-order chi connectivity index (χ0) is 16.0. The van der Waals surface area contributed by atoms with Gasteiger partial charge in [0.2, 0.25) is 15.9 Å². The van der Waals surface area contributed by atoms with Crippen molar-refractivity contribution in [2.24, 2.45) is 0 Å². The van der Waals surface area contributed by atoms with E-state index in [1.807, 2.05) is 6.92 Å². The van der Waals surface area contributed by atoms with Gasteiger partial charge in [-0.25, -0.2) is 8.42 Å². The highest BCUT2D eigenvalue weighted by molar-refractivity contribution is 7.89. The zero-order valence-corrected chi connectivity index (χ0v) is 13.2. The minimum Gasteiger partial charge on any atom is -0.497 e. The summed E-state index contributed by atoms with van der Waals surface area (Å²) in [4.78, 5) is 11.5. The number of benzene rings is 1. The first-order valence-corrected chi connectivity index (χ1v) is 7.95. The number of hydrogen-bond acceptors (Lipinski definition) is 5. The average molecular weight is 315 g/mol. The third-order valence-corrected chi connectivity index (χ3v) is 4.83. The van der Waals surface area contributed by atoms with Crippen molar-refractivity contribution in [2.45, 2.75) is 18.2 Å². The lowest BCUT2D eigenvalue weighted by atomic mass is 10.3. The normalized spacial score (nSPS) is 11.4. The zero-order valence-electron chi connectivity index (χ0n) is 12.4. The fourth-order valence-electron chi connectivity index (χ4n) is 1.80. The molecule has 7 nitrogen and oxygen atoms in total. The van der Waals surface area contributed by atoms with E-state index in [0.29, 0.717) is 12.2 Å². The van der Waals surface area contributed by atoms with Gasteiger partial charge in [-0.2, -0.15) is 4.31 Å². The standard InChI is InChI=1S/C13H21N3O4S/c1-4-7-16(9-13(17)15-2)21(18,19)12-6-5-10(20-3)8-11(12)14/h5-6,8H,4,7,9,14H2,1-3H3,(H,15,17). The summed E-state index contributed by atoms with van der Waals surface area (Å²) >= 11 is 0. The number of amides is 1. The molecule has 0 bridgehead atoms. The van der Waals surface area contributed by atoms with Crippen LogP contribution in [0.2, 0.25) is 0 Å². The number of hydrogen-bond donors (Lipinski definition) is 2. The molecule has 118 valence electrons. The first-order valence-electron chi connectivity index (χ1n) is 6.51. The van der Waals surface area contributed by atoms with Crippen LogP contribution in [0.1, 0.15) is 13.3 Å². The molecular weight excluding hydrogens is 294 g/mol. The first kappa shape index (κ1) is 17.3. The minimum absolute atomic E-state index is 0.0272. The van der Waals surface area contributed by atoms with E-state index >= 15 is 0 Å². The summed E-state index contributed by atoms with van der Waals surface area (Å²) in [7, 11) is -0.903. The Morgan fingerprint density at radius 1 is 1.43 bits per heavy atom. The molecule has 0 radical (unpaired) electrons. The second kappa shape index (κ2) is 7.28. The second-order valence-corrected chi connectivity index (χ2v) is 6.32. The Morgan fingerprint density at radius 3 is 2.57 bits per heavy atom. The van der Waals surface area contributed by atoms with Crippen molar-refractivity contribution in [3.8, 4) is 5.75 Å². The van der Waals surface area contributed by atoms with Crippen LogP contribution in [0.3, 0.4) is 0 Å². The van der Waals surface area contributed by atoms with Gasteiger partial charge in [-0.1, -0.05) is 6.92 Å². The van der Waals surface area contributed by atoms with E-state index in [1.165, 1.54) is 32.4 Å². The molecule has 0 saturated carbocycles. The highest BCUT2D eigenvalue weighted by Gasteiger charge is 2.27. The smallest absolute Gasteiger partial charge is 0.245 e. The van der Waals surface area contributed by atoms with Gasteiger partial charge >= 0.3 is 0 Å². The van der Waals surface area contributed by atoms with E-state index < -0.39 is 10.0 Å². The topological polar surface area (TPSA) is 102 Å². The SMILES string of the molecule is CCCN(CC(=O)NC)S(=O)(=O)c1ccc(OC)cc1N. The van der Waals surface area contributed by atoms with Crippen LogP contribution >= 0.6 is 0 Å². The third kappa shape index (κ3) is 4.08. The van der Waals surface area contributed by atoms with Gasteiger partial charge in [-0.05, 0) is 18.6 Å². The number of anilines is 1. The van der Waals surface area contributed by atoms with Crippen LogP contribution in [0.25, 0.3) is 0 Å². The van der Waals surface area contributed by atoms with E-state index in [0.717, 1.165) is 4.31 Å². The van der Waals surface area contributed by atoms with E-state index in [-0.39, 0.29) is 29.6 Å². The Morgan fingerprint density at radius 2 is 2.10 bits per heavy atom. The van der Waals surface area contributed by atoms with Crippen LogP contribution in [0, 0.1) is 0 Å². The molecular formula is C13H21N3O4S. The van der Waals surface area contributed by atoms with Crippen molar-refractivity contribution in [2.75, 3.05) is 33.0 Å². The summed E-state index contributed by atoms with van der Waals surface area (Å²) in [6.45, 7) is 1.84. The fourth-order valence-corrected chi connectivity index (χ4v) is 3.39. The monoisotopic (exact) mass is 315 g/mol. The molecule has 21 heavy (non-hydrogen) atoms. The Hall–Kier alpha value is -1.80. The number of ether oxygens (including phenoxy) is 1. The molecule has 0 fully saturated rings. The number of carbonyl (C=O) groups is 1. The maximum Gasteiger partial charge on any atom is 0.245 e. The maximum atomic E-state index is 12.6. The quantitative estimate of drug-likeness (QED) is 0.710. The van der Waals surface area contributed by atoms with E-state index in [9.17, 15) is 13.2 Å². The lowest BCUT2D eigenvalue weighted by molar-refractivity contribution is -0.120. The van der Waals surface area contributed by atoms with Gasteiger partial charge in [0.25, 0.3) is 0 Å². The van der Waals surface area contributed by atoms with Gasteiger partial charge in [-0.3, -0.25) is 4.79 Å². The number of rotatable bonds is 7. The molecule has 0 atom stereocenters. The van der Waals surface area contributed by atoms with Crippen LogP contribution < -0.4 is 15.8 Å². The van der Waals surface area contributed by atoms with Crippen molar-refractivity contribution in [1.82, 2.24) is 9.62 Å². The Bertz CT molecular complexity index is 601. The predicted octanol–water partition coefficient (Wildman–Crippen LogP) is 0.424. The summed E-state index contributed by atoms with van der Waals surface area (Å²) in [6, 6.07) is 4.35. The van der Waals surface area contributed by atoms with E-state index in [1.54, 1.807) is 0 Å². The number of methoxy groups -OCH3 is 1. The molecule has 0 aliphatic heterocycles. The van der Waals surface area contributed by atoms with E-state index in [2.05, 4.69) is 5.32 Å². The Kier molecular flexibility index (Phi) is 5.98. The molecule has 0 aliphatic carbocycles. The van der Waals surface area contributed by atoms with Gasteiger partial charge in [0.1, 0.15) is 10.6 Å². The second-order valence-electron chi connectivity index (χ2n) is 4.42. The molecule has 0 spiro atoms. The molecule has 0 aliphatic rings. The highest BCUT2D eigenvalue weighted by Crippen LogP contribution is 2.26. The van der Waals surface area contributed by atoms with Crippen LogP contribution in [-0.4, -0.2) is 45.9 Å². The molecule has 1 aromatic rings. The van der Waals surface area contributed by atoms with Gasteiger partial charge in [-0.15, -0.1) is 0 Å². The summed E-state index contributed by atoms with van der Waals surface area (Å²) in [6.07, 6.45) is 0.590.